The fraction of sp³-hybridized carbons (Fsp3) is 0.407. The van der Waals surface area contributed by atoms with Crippen molar-refractivity contribution < 1.29 is 42.2 Å². The van der Waals surface area contributed by atoms with Crippen LogP contribution in [0.15, 0.2) is 42.5 Å². The van der Waals surface area contributed by atoms with E-state index in [1.165, 1.54) is 16.7 Å². The normalized spacial score (nSPS) is 17.0. The number of benzene rings is 2. The zero-order chi connectivity index (χ0) is 28.6. The molecule has 1 atom stereocenters. The van der Waals surface area contributed by atoms with Gasteiger partial charge in [-0.2, -0.15) is 0 Å². The number of piperazine rings is 1. The Morgan fingerprint density at radius 1 is 1.02 bits per heavy atom. The Labute approximate surface area is 229 Å². The van der Waals surface area contributed by atoms with Gasteiger partial charge in [0.15, 0.2) is 18.2 Å². The first-order valence-electron chi connectivity index (χ1n) is 12.7. The van der Waals surface area contributed by atoms with E-state index in [0.29, 0.717) is 0 Å². The van der Waals surface area contributed by atoms with E-state index >= 15 is 8.78 Å². The molecule has 0 bridgehead atoms. The van der Waals surface area contributed by atoms with Crippen LogP contribution in [-0.2, 0) is 35.2 Å². The van der Waals surface area contributed by atoms with E-state index in [1.54, 1.807) is 0 Å². The third-order valence-corrected chi connectivity index (χ3v) is 6.40. The molecule has 40 heavy (non-hydrogen) atoms. The summed E-state index contributed by atoms with van der Waals surface area (Å²) in [4.78, 5) is 51.7. The Kier molecular flexibility index (Phi) is 9.48. The van der Waals surface area contributed by atoms with Crippen molar-refractivity contribution in [3.05, 3.63) is 59.7 Å². The summed E-state index contributed by atoms with van der Waals surface area (Å²) in [5, 5.41) is 2.54. The molecule has 2 saturated heterocycles. The monoisotopic (exact) mass is 560 g/mol. The van der Waals surface area contributed by atoms with Crippen LogP contribution in [0.3, 0.4) is 0 Å². The second kappa shape index (κ2) is 13.2. The highest BCUT2D eigenvalue weighted by molar-refractivity contribution is 5.90. The molecule has 0 spiro atoms. The molecule has 2 aliphatic heterocycles. The number of amides is 3. The molecule has 0 saturated carbocycles. The average Bonchev–Trinajstić information content (AvgIpc) is 3.31. The average molecular weight is 561 g/mol. The van der Waals surface area contributed by atoms with Crippen LogP contribution >= 0.6 is 0 Å². The molecule has 0 aliphatic carbocycles. The molecular formula is C27H30F2N4O7. The molecule has 1 N–H and O–H groups in total. The zero-order valence-electron chi connectivity index (χ0n) is 21.9. The number of cyclic esters (lactones) is 1. The number of hydrogen-bond donors (Lipinski definition) is 1. The number of nitrogens with zero attached hydrogens (tertiary/aromatic N) is 3. The molecule has 4 rings (SSSR count). The molecule has 3 amide bonds. The van der Waals surface area contributed by atoms with Gasteiger partial charge in [0.2, 0.25) is 5.91 Å². The largest absolute Gasteiger partial charge is 0.454 e. The quantitative estimate of drug-likeness (QED) is 0.438. The van der Waals surface area contributed by atoms with E-state index in [9.17, 15) is 19.2 Å². The van der Waals surface area contributed by atoms with Gasteiger partial charge >= 0.3 is 12.1 Å². The maximum Gasteiger partial charge on any atom is 0.414 e. The van der Waals surface area contributed by atoms with E-state index in [0.717, 1.165) is 22.6 Å². The fourth-order valence-electron chi connectivity index (χ4n) is 4.39. The topological polar surface area (TPSA) is 118 Å². The van der Waals surface area contributed by atoms with E-state index in [4.69, 9.17) is 14.2 Å². The van der Waals surface area contributed by atoms with Gasteiger partial charge in [-0.15, -0.1) is 0 Å². The number of carbonyl (C=O) groups excluding carboxylic acids is 4. The third kappa shape index (κ3) is 7.44. The number of halogens is 2. The molecular weight excluding hydrogens is 530 g/mol. The van der Waals surface area contributed by atoms with Crippen molar-refractivity contribution in [1.29, 1.82) is 0 Å². The molecule has 1 unspecified atom stereocenters. The molecule has 214 valence electrons. The van der Waals surface area contributed by atoms with Gasteiger partial charge in [0.05, 0.1) is 25.4 Å². The van der Waals surface area contributed by atoms with E-state index in [1.807, 2.05) is 30.3 Å². The van der Waals surface area contributed by atoms with E-state index in [-0.39, 0.29) is 69.8 Å². The van der Waals surface area contributed by atoms with Gasteiger partial charge in [0, 0.05) is 45.2 Å². The van der Waals surface area contributed by atoms with Crippen molar-refractivity contribution in [3.63, 3.8) is 0 Å². The first kappa shape index (κ1) is 28.7. The number of nitrogens with one attached hydrogen (secondary N) is 1. The Morgan fingerprint density at radius 2 is 1.70 bits per heavy atom. The zero-order valence-corrected chi connectivity index (χ0v) is 21.9. The highest BCUT2D eigenvalue weighted by Crippen LogP contribution is 2.31. The van der Waals surface area contributed by atoms with Crippen molar-refractivity contribution in [3.8, 4) is 0 Å². The Balaban J connectivity index is 1.24. The van der Waals surface area contributed by atoms with E-state index in [2.05, 4.69) is 5.32 Å². The molecule has 2 aromatic rings. The summed E-state index contributed by atoms with van der Waals surface area (Å²) in [6.45, 7) is 1.57. The number of carbonyl (C=O) groups is 4. The van der Waals surface area contributed by atoms with Gasteiger partial charge in [0.25, 0.3) is 5.91 Å². The minimum Gasteiger partial charge on any atom is -0.454 e. The minimum absolute atomic E-state index is 0.00236. The molecule has 0 aromatic heterocycles. The standard InChI is InChI=1S/C27H30F2N4O7/c1-18(34)30-13-21-14-33(27(37)40-21)20-11-22(28)26(23(29)12-20)32-9-7-31(8-10-32)24(35)16-39-25(36)17-38-15-19-5-3-2-4-6-19/h2-6,11-12,21H,7-10,13-17H2,1H3,(H,30,34). The van der Waals surface area contributed by atoms with Crippen LogP contribution in [0.5, 0.6) is 0 Å². The van der Waals surface area contributed by atoms with Gasteiger partial charge in [-0.3, -0.25) is 14.5 Å². The van der Waals surface area contributed by atoms with Crippen LogP contribution < -0.4 is 15.1 Å². The maximum absolute atomic E-state index is 15.0. The number of rotatable bonds is 10. The molecule has 2 aromatic carbocycles. The first-order valence-corrected chi connectivity index (χ1v) is 12.7. The van der Waals surface area contributed by atoms with Crippen molar-refractivity contribution in [2.45, 2.75) is 19.6 Å². The van der Waals surface area contributed by atoms with Crippen molar-refractivity contribution in [2.75, 3.05) is 62.3 Å². The number of ether oxygens (including phenoxy) is 3. The second-order valence-corrected chi connectivity index (χ2v) is 9.32. The molecule has 0 radical (unpaired) electrons. The maximum atomic E-state index is 15.0. The van der Waals surface area contributed by atoms with Gasteiger partial charge in [-0.25, -0.2) is 18.4 Å². The molecule has 2 aliphatic rings. The lowest BCUT2D eigenvalue weighted by Crippen LogP contribution is -2.50. The van der Waals surface area contributed by atoms with Gasteiger partial charge in [0.1, 0.15) is 18.4 Å². The summed E-state index contributed by atoms with van der Waals surface area (Å²) in [5.74, 6) is -3.11. The molecule has 2 heterocycles. The summed E-state index contributed by atoms with van der Waals surface area (Å²) in [6.07, 6.45) is -1.41. The predicted octanol–water partition coefficient (Wildman–Crippen LogP) is 1.83. The highest BCUT2D eigenvalue weighted by atomic mass is 19.1. The number of hydrogen-bond acceptors (Lipinski definition) is 8. The third-order valence-electron chi connectivity index (χ3n) is 6.40. The van der Waals surface area contributed by atoms with Gasteiger partial charge in [-0.1, -0.05) is 30.3 Å². The second-order valence-electron chi connectivity index (χ2n) is 9.32. The highest BCUT2D eigenvalue weighted by Gasteiger charge is 2.34. The van der Waals surface area contributed by atoms with Crippen LogP contribution in [-0.4, -0.2) is 87.4 Å². The predicted molar refractivity (Wildman–Crippen MR) is 139 cm³/mol. The summed E-state index contributed by atoms with van der Waals surface area (Å²) in [7, 11) is 0. The number of esters is 1. The Hall–Kier alpha value is -4.26. The van der Waals surface area contributed by atoms with Crippen LogP contribution in [0.25, 0.3) is 0 Å². The van der Waals surface area contributed by atoms with Crippen LogP contribution in [0.2, 0.25) is 0 Å². The van der Waals surface area contributed by atoms with Crippen molar-refractivity contribution >= 4 is 35.3 Å². The first-order chi connectivity index (χ1) is 19.2. The molecule has 13 heteroatoms. The summed E-state index contributed by atoms with van der Waals surface area (Å²) in [5.41, 5.74) is 0.635. The molecule has 2 fully saturated rings. The van der Waals surface area contributed by atoms with Gasteiger partial charge in [-0.05, 0) is 5.56 Å². The Bertz CT molecular complexity index is 1220. The minimum atomic E-state index is -0.864. The number of anilines is 2. The van der Waals surface area contributed by atoms with Gasteiger partial charge < -0.3 is 29.3 Å². The summed E-state index contributed by atoms with van der Waals surface area (Å²) < 4.78 is 45.5. The Morgan fingerprint density at radius 3 is 2.35 bits per heavy atom. The van der Waals surface area contributed by atoms with Crippen LogP contribution in [0.1, 0.15) is 12.5 Å². The smallest absolute Gasteiger partial charge is 0.414 e. The van der Waals surface area contributed by atoms with Crippen LogP contribution in [0.4, 0.5) is 25.0 Å². The van der Waals surface area contributed by atoms with Crippen molar-refractivity contribution in [1.82, 2.24) is 10.2 Å². The summed E-state index contributed by atoms with van der Waals surface area (Å²) >= 11 is 0. The van der Waals surface area contributed by atoms with Crippen LogP contribution in [0, 0.1) is 11.6 Å². The van der Waals surface area contributed by atoms with Crippen molar-refractivity contribution in [2.24, 2.45) is 0 Å². The lowest BCUT2D eigenvalue weighted by atomic mass is 10.2. The SMILES string of the molecule is CC(=O)NCC1CN(c2cc(F)c(N3CCN(C(=O)COC(=O)COCc4ccccc4)CC3)c(F)c2)C(=O)O1. The lowest BCUT2D eigenvalue weighted by molar-refractivity contribution is -0.156. The summed E-state index contributed by atoms with van der Waals surface area (Å²) in [6, 6.07) is 11.4. The molecule has 11 nitrogen and oxygen atoms in total. The fourth-order valence-corrected chi connectivity index (χ4v) is 4.39. The van der Waals surface area contributed by atoms with E-state index < -0.39 is 42.3 Å². The lowest BCUT2D eigenvalue weighted by Gasteiger charge is -2.36.